The summed E-state index contributed by atoms with van der Waals surface area (Å²) in [5, 5.41) is 3.03. The Bertz CT molecular complexity index is 1010. The molecular weight excluding hydrogens is 342 g/mol. The molecule has 0 fully saturated rings. The van der Waals surface area contributed by atoms with Gasteiger partial charge in [-0.3, -0.25) is 9.59 Å². The second kappa shape index (κ2) is 6.43. The molecule has 0 aliphatic carbocycles. The quantitative estimate of drug-likeness (QED) is 0.555. The molecule has 0 radical (unpaired) electrons. The van der Waals surface area contributed by atoms with E-state index in [4.69, 9.17) is 9.15 Å². The van der Waals surface area contributed by atoms with Crippen LogP contribution in [-0.4, -0.2) is 11.9 Å². The number of amides is 1. The number of hydrogen-bond donors (Lipinski definition) is 1. The Labute approximate surface area is 157 Å². The second-order valence-electron chi connectivity index (χ2n) is 6.91. The summed E-state index contributed by atoms with van der Waals surface area (Å²) in [6, 6.07) is 16.8. The molecule has 136 valence electrons. The Kier molecular flexibility index (Phi) is 4.07. The van der Waals surface area contributed by atoms with Crippen molar-refractivity contribution >= 4 is 17.6 Å². The first-order valence-corrected chi connectivity index (χ1v) is 8.73. The fourth-order valence-electron chi connectivity index (χ4n) is 3.58. The molecule has 27 heavy (non-hydrogen) atoms. The maximum Gasteiger partial charge on any atom is 0.308 e. The molecule has 1 aliphatic heterocycles. The monoisotopic (exact) mass is 361 g/mol. The molecule has 0 saturated heterocycles. The molecule has 5 heteroatoms. The molecule has 4 rings (SSSR count). The van der Waals surface area contributed by atoms with Gasteiger partial charge in [0.2, 0.25) is 5.91 Å². The minimum absolute atomic E-state index is 0.0411. The molecule has 2 aromatic carbocycles. The predicted octanol–water partition coefficient (Wildman–Crippen LogP) is 4.32. The first-order valence-electron chi connectivity index (χ1n) is 8.73. The van der Waals surface area contributed by atoms with Crippen molar-refractivity contribution in [2.24, 2.45) is 0 Å². The van der Waals surface area contributed by atoms with Crippen LogP contribution in [0.4, 0.5) is 5.69 Å². The molecule has 2 heterocycles. The zero-order valence-electron chi connectivity index (χ0n) is 15.1. The van der Waals surface area contributed by atoms with Crippen LogP contribution in [0.3, 0.4) is 0 Å². The van der Waals surface area contributed by atoms with Gasteiger partial charge in [0.25, 0.3) is 0 Å². The largest absolute Gasteiger partial charge is 0.464 e. The lowest BCUT2D eigenvalue weighted by atomic mass is 9.78. The van der Waals surface area contributed by atoms with Crippen molar-refractivity contribution in [3.63, 3.8) is 0 Å². The van der Waals surface area contributed by atoms with Crippen LogP contribution in [0.5, 0.6) is 5.75 Å². The van der Waals surface area contributed by atoms with Crippen LogP contribution in [0, 0.1) is 0 Å². The highest BCUT2D eigenvalue weighted by atomic mass is 16.5. The lowest BCUT2D eigenvalue weighted by molar-refractivity contribution is -0.131. The number of benzene rings is 2. The summed E-state index contributed by atoms with van der Waals surface area (Å²) in [7, 11) is 0. The number of ether oxygens (including phenoxy) is 1. The summed E-state index contributed by atoms with van der Waals surface area (Å²) in [5.74, 6) is 0.819. The minimum atomic E-state index is -0.694. The number of carbonyl (C=O) groups excluding carboxylic acids is 2. The molecule has 1 aliphatic rings. The van der Waals surface area contributed by atoms with Crippen LogP contribution in [0.15, 0.2) is 65.3 Å². The third kappa shape index (κ3) is 3.01. The Hall–Kier alpha value is -3.34. The number of rotatable bonds is 4. The summed E-state index contributed by atoms with van der Waals surface area (Å²) in [6.45, 7) is 3.31. The first kappa shape index (κ1) is 17.1. The predicted molar refractivity (Wildman–Crippen MR) is 102 cm³/mol. The molecule has 1 unspecified atom stereocenters. The molecule has 1 amide bonds. The number of carbonyl (C=O) groups is 2. The molecule has 1 aromatic heterocycles. The van der Waals surface area contributed by atoms with Gasteiger partial charge in [0, 0.05) is 12.5 Å². The van der Waals surface area contributed by atoms with Crippen LogP contribution in [0.1, 0.15) is 25.0 Å². The van der Waals surface area contributed by atoms with E-state index >= 15 is 0 Å². The summed E-state index contributed by atoms with van der Waals surface area (Å²) < 4.78 is 10.6. The van der Waals surface area contributed by atoms with E-state index in [9.17, 15) is 9.59 Å². The van der Waals surface area contributed by atoms with Crippen molar-refractivity contribution in [2.75, 3.05) is 5.32 Å². The van der Waals surface area contributed by atoms with E-state index in [1.165, 1.54) is 6.92 Å². The number of anilines is 1. The minimum Gasteiger partial charge on any atom is -0.464 e. The van der Waals surface area contributed by atoms with Gasteiger partial charge in [-0.2, -0.15) is 0 Å². The van der Waals surface area contributed by atoms with E-state index < -0.39 is 5.41 Å². The van der Waals surface area contributed by atoms with Gasteiger partial charge in [-0.15, -0.1) is 0 Å². The standard InChI is InChI=1S/C22H19NO4/c1-14(24)27-16-10-8-15(9-11-16)13-22(2)18-6-3-5-17(19-7-4-12-26-19)20(18)23-21(22)25/h3-12H,13H2,1-2H3,(H,23,25). The molecule has 1 N–H and O–H groups in total. The van der Waals surface area contributed by atoms with E-state index in [2.05, 4.69) is 5.32 Å². The van der Waals surface area contributed by atoms with Crippen LogP contribution in [-0.2, 0) is 21.4 Å². The van der Waals surface area contributed by atoms with Crippen molar-refractivity contribution < 1.29 is 18.7 Å². The number of furan rings is 1. The average molecular weight is 361 g/mol. The van der Waals surface area contributed by atoms with Gasteiger partial charge in [-0.25, -0.2) is 0 Å². The summed E-state index contributed by atoms with van der Waals surface area (Å²) >= 11 is 0. The van der Waals surface area contributed by atoms with Crippen LogP contribution in [0.2, 0.25) is 0 Å². The molecule has 1 atom stereocenters. The zero-order valence-corrected chi connectivity index (χ0v) is 15.1. The van der Waals surface area contributed by atoms with Gasteiger partial charge in [-0.1, -0.05) is 24.3 Å². The van der Waals surface area contributed by atoms with Crippen LogP contribution in [0.25, 0.3) is 11.3 Å². The van der Waals surface area contributed by atoms with Crippen LogP contribution >= 0.6 is 0 Å². The van der Waals surface area contributed by atoms with Gasteiger partial charge < -0.3 is 14.5 Å². The highest BCUT2D eigenvalue weighted by Gasteiger charge is 2.43. The number of esters is 1. The summed E-state index contributed by atoms with van der Waals surface area (Å²) in [5.41, 5.74) is 2.92. The van der Waals surface area contributed by atoms with Gasteiger partial charge >= 0.3 is 5.97 Å². The first-order chi connectivity index (χ1) is 13.0. The lowest BCUT2D eigenvalue weighted by Gasteiger charge is -2.22. The number of hydrogen-bond acceptors (Lipinski definition) is 4. The topological polar surface area (TPSA) is 68.5 Å². The normalized spacial score (nSPS) is 18.1. The summed E-state index contributed by atoms with van der Waals surface area (Å²) in [4.78, 5) is 23.9. The van der Waals surface area contributed by atoms with Gasteiger partial charge in [0.1, 0.15) is 11.5 Å². The smallest absolute Gasteiger partial charge is 0.308 e. The van der Waals surface area contributed by atoms with Gasteiger partial charge in [-0.05, 0) is 54.8 Å². The van der Waals surface area contributed by atoms with Crippen molar-refractivity contribution in [3.8, 4) is 17.1 Å². The molecule has 5 nitrogen and oxygen atoms in total. The Morgan fingerprint density at radius 2 is 1.89 bits per heavy atom. The maximum absolute atomic E-state index is 12.9. The van der Waals surface area contributed by atoms with E-state index in [1.807, 2.05) is 49.4 Å². The number of para-hydroxylation sites is 1. The van der Waals surface area contributed by atoms with Gasteiger partial charge in [0.05, 0.1) is 17.4 Å². The van der Waals surface area contributed by atoms with Gasteiger partial charge in [0.15, 0.2) is 0 Å². The molecular formula is C22H19NO4. The third-order valence-corrected chi connectivity index (χ3v) is 4.93. The Balaban J connectivity index is 1.67. The zero-order chi connectivity index (χ0) is 19.0. The Morgan fingerprint density at radius 3 is 2.56 bits per heavy atom. The fraction of sp³-hybridized carbons (Fsp3) is 0.182. The number of fused-ring (bicyclic) bond motifs is 1. The third-order valence-electron chi connectivity index (χ3n) is 4.93. The highest BCUT2D eigenvalue weighted by molar-refractivity contribution is 6.09. The van der Waals surface area contributed by atoms with E-state index in [0.717, 1.165) is 28.1 Å². The summed E-state index contributed by atoms with van der Waals surface area (Å²) in [6.07, 6.45) is 2.16. The molecule has 0 spiro atoms. The van der Waals surface area contributed by atoms with E-state index in [-0.39, 0.29) is 11.9 Å². The fourth-order valence-corrected chi connectivity index (χ4v) is 3.58. The van der Waals surface area contributed by atoms with Crippen molar-refractivity contribution in [2.45, 2.75) is 25.7 Å². The number of nitrogens with one attached hydrogen (secondary N) is 1. The molecule has 0 bridgehead atoms. The Morgan fingerprint density at radius 1 is 1.11 bits per heavy atom. The van der Waals surface area contributed by atoms with Crippen LogP contribution < -0.4 is 10.1 Å². The van der Waals surface area contributed by atoms with E-state index in [1.54, 1.807) is 18.4 Å². The SMILES string of the molecule is CC(=O)Oc1ccc(CC2(C)C(=O)Nc3c(-c4ccco4)cccc32)cc1. The highest BCUT2D eigenvalue weighted by Crippen LogP contribution is 2.45. The van der Waals surface area contributed by atoms with Crippen molar-refractivity contribution in [3.05, 3.63) is 72.0 Å². The molecule has 3 aromatic rings. The lowest BCUT2D eigenvalue weighted by Crippen LogP contribution is -2.33. The van der Waals surface area contributed by atoms with Crippen molar-refractivity contribution in [1.82, 2.24) is 0 Å². The maximum atomic E-state index is 12.9. The molecule has 0 saturated carbocycles. The average Bonchev–Trinajstić information content (AvgIpc) is 3.24. The van der Waals surface area contributed by atoms with Crippen molar-refractivity contribution in [1.29, 1.82) is 0 Å². The second-order valence-corrected chi connectivity index (χ2v) is 6.91. The van der Waals surface area contributed by atoms with E-state index in [0.29, 0.717) is 12.2 Å².